The van der Waals surface area contributed by atoms with Crippen LogP contribution in [0, 0.1) is 0 Å². The molecule has 4 heteroatoms. The Labute approximate surface area is 116 Å². The molecule has 3 rings (SSSR count). The molecule has 1 aliphatic carbocycles. The number of aryl methyl sites for hydroxylation is 1. The van der Waals surface area contributed by atoms with E-state index in [0.717, 1.165) is 19.6 Å². The maximum absolute atomic E-state index is 4.41. The van der Waals surface area contributed by atoms with E-state index in [-0.39, 0.29) is 0 Å². The largest absolute Gasteiger partial charge is 0.314 e. The van der Waals surface area contributed by atoms with Crippen LogP contribution < -0.4 is 5.32 Å². The average molecular weight is 262 g/mol. The highest BCUT2D eigenvalue weighted by Crippen LogP contribution is 2.35. The van der Waals surface area contributed by atoms with Gasteiger partial charge >= 0.3 is 0 Å². The second-order valence-electron chi connectivity index (χ2n) is 6.09. The van der Waals surface area contributed by atoms with E-state index in [1.165, 1.54) is 50.8 Å². The molecule has 2 heterocycles. The number of aromatic nitrogens is 2. The lowest BCUT2D eigenvalue weighted by Gasteiger charge is -2.49. The molecule has 0 aromatic carbocycles. The van der Waals surface area contributed by atoms with E-state index in [4.69, 9.17) is 0 Å². The Morgan fingerprint density at radius 1 is 1.32 bits per heavy atom. The summed E-state index contributed by atoms with van der Waals surface area (Å²) in [5.74, 6) is 0. The van der Waals surface area contributed by atoms with E-state index in [2.05, 4.69) is 28.4 Å². The van der Waals surface area contributed by atoms with Crippen molar-refractivity contribution in [3.05, 3.63) is 18.0 Å². The number of hydrogen-bond donors (Lipinski definition) is 1. The zero-order chi connectivity index (χ0) is 13.1. The summed E-state index contributed by atoms with van der Waals surface area (Å²) in [6.45, 7) is 7.66. The first-order valence-corrected chi connectivity index (χ1v) is 7.79. The van der Waals surface area contributed by atoms with Gasteiger partial charge in [0, 0.05) is 50.0 Å². The molecule has 1 saturated heterocycles. The predicted molar refractivity (Wildman–Crippen MR) is 77.0 cm³/mol. The molecule has 2 fully saturated rings. The second-order valence-corrected chi connectivity index (χ2v) is 6.09. The molecule has 106 valence electrons. The summed E-state index contributed by atoms with van der Waals surface area (Å²) < 4.78 is 2.03. The van der Waals surface area contributed by atoms with Crippen LogP contribution in [0.2, 0.25) is 0 Å². The molecule has 0 unspecified atom stereocenters. The van der Waals surface area contributed by atoms with E-state index in [1.54, 1.807) is 0 Å². The van der Waals surface area contributed by atoms with Crippen molar-refractivity contribution in [2.75, 3.05) is 19.6 Å². The van der Waals surface area contributed by atoms with Gasteiger partial charge in [-0.3, -0.25) is 9.58 Å². The third kappa shape index (κ3) is 2.70. The molecule has 1 N–H and O–H groups in total. The molecule has 2 aliphatic rings. The summed E-state index contributed by atoms with van der Waals surface area (Å²) in [5.41, 5.74) is 1.79. The Bertz CT molecular complexity index is 398. The third-order valence-electron chi connectivity index (χ3n) is 4.85. The summed E-state index contributed by atoms with van der Waals surface area (Å²) in [4.78, 5) is 2.72. The maximum Gasteiger partial charge on any atom is 0.0534 e. The number of rotatable bonds is 3. The summed E-state index contributed by atoms with van der Waals surface area (Å²) in [6.07, 6.45) is 11.2. The van der Waals surface area contributed by atoms with Crippen LogP contribution >= 0.6 is 0 Å². The summed E-state index contributed by atoms with van der Waals surface area (Å²) in [6, 6.07) is 0. The van der Waals surface area contributed by atoms with Crippen molar-refractivity contribution >= 4 is 0 Å². The van der Waals surface area contributed by atoms with Gasteiger partial charge in [0.15, 0.2) is 0 Å². The Morgan fingerprint density at radius 3 is 2.89 bits per heavy atom. The smallest absolute Gasteiger partial charge is 0.0534 e. The van der Waals surface area contributed by atoms with Crippen LogP contribution in [0.25, 0.3) is 0 Å². The molecule has 0 amide bonds. The Kier molecular flexibility index (Phi) is 3.89. The van der Waals surface area contributed by atoms with Crippen molar-refractivity contribution in [1.29, 1.82) is 0 Å². The Hall–Kier alpha value is -0.870. The first-order chi connectivity index (χ1) is 9.32. The van der Waals surface area contributed by atoms with Crippen molar-refractivity contribution < 1.29 is 0 Å². The lowest BCUT2D eigenvalue weighted by molar-refractivity contribution is 0.0209. The average Bonchev–Trinajstić information content (AvgIpc) is 2.90. The number of nitrogens with one attached hydrogen (secondary N) is 1. The van der Waals surface area contributed by atoms with Crippen molar-refractivity contribution in [3.63, 3.8) is 0 Å². The predicted octanol–water partition coefficient (Wildman–Crippen LogP) is 2.01. The van der Waals surface area contributed by atoms with Crippen LogP contribution in [0.1, 0.15) is 44.6 Å². The molecule has 19 heavy (non-hydrogen) atoms. The molecule has 0 atom stereocenters. The van der Waals surface area contributed by atoms with Gasteiger partial charge in [0.25, 0.3) is 0 Å². The standard InChI is InChI=1S/C15H26N4/c1-2-19-12-14(10-17-19)11-18-9-8-16-13-15(18)6-4-3-5-7-15/h10,12,16H,2-9,11,13H2,1H3. The van der Waals surface area contributed by atoms with Crippen LogP contribution in [0.4, 0.5) is 0 Å². The summed E-state index contributed by atoms with van der Waals surface area (Å²) >= 11 is 0. The van der Waals surface area contributed by atoms with Crippen LogP contribution in [0.5, 0.6) is 0 Å². The lowest BCUT2D eigenvalue weighted by Crippen LogP contribution is -2.61. The SMILES string of the molecule is CCn1cc(CN2CCNCC23CCCCC3)cn1. The van der Waals surface area contributed by atoms with E-state index in [1.807, 2.05) is 10.9 Å². The van der Waals surface area contributed by atoms with Gasteiger partial charge in [-0.1, -0.05) is 19.3 Å². The second kappa shape index (κ2) is 5.63. The molecule has 1 saturated carbocycles. The van der Waals surface area contributed by atoms with Crippen molar-refractivity contribution in [2.45, 2.75) is 57.7 Å². The normalized spacial score (nSPS) is 23.8. The van der Waals surface area contributed by atoms with E-state index >= 15 is 0 Å². The molecule has 1 aromatic heterocycles. The van der Waals surface area contributed by atoms with Gasteiger partial charge in [0.05, 0.1) is 6.20 Å². The first kappa shape index (κ1) is 13.1. The fraction of sp³-hybridized carbons (Fsp3) is 0.800. The topological polar surface area (TPSA) is 33.1 Å². The lowest BCUT2D eigenvalue weighted by atomic mass is 9.79. The summed E-state index contributed by atoms with van der Waals surface area (Å²) in [7, 11) is 0. The van der Waals surface area contributed by atoms with E-state index < -0.39 is 0 Å². The molecule has 0 radical (unpaired) electrons. The van der Waals surface area contributed by atoms with Gasteiger partial charge in [0.1, 0.15) is 0 Å². The minimum atomic E-state index is 0.421. The van der Waals surface area contributed by atoms with Crippen LogP contribution in [0.3, 0.4) is 0 Å². The Balaban J connectivity index is 1.73. The summed E-state index contributed by atoms with van der Waals surface area (Å²) in [5, 5.41) is 8.02. The van der Waals surface area contributed by atoms with Gasteiger partial charge in [-0.15, -0.1) is 0 Å². The maximum atomic E-state index is 4.41. The number of piperazine rings is 1. The highest BCUT2D eigenvalue weighted by atomic mass is 15.3. The van der Waals surface area contributed by atoms with Crippen LogP contribution in [-0.2, 0) is 13.1 Å². The van der Waals surface area contributed by atoms with Gasteiger partial charge in [-0.25, -0.2) is 0 Å². The Morgan fingerprint density at radius 2 is 2.16 bits per heavy atom. The van der Waals surface area contributed by atoms with Gasteiger partial charge in [0.2, 0.25) is 0 Å². The number of nitrogens with zero attached hydrogens (tertiary/aromatic N) is 3. The van der Waals surface area contributed by atoms with Gasteiger partial charge in [-0.05, 0) is 19.8 Å². The highest BCUT2D eigenvalue weighted by Gasteiger charge is 2.39. The van der Waals surface area contributed by atoms with Gasteiger partial charge in [-0.2, -0.15) is 5.10 Å². The van der Waals surface area contributed by atoms with E-state index in [0.29, 0.717) is 5.54 Å². The van der Waals surface area contributed by atoms with Crippen LogP contribution in [-0.4, -0.2) is 39.9 Å². The zero-order valence-electron chi connectivity index (χ0n) is 12.1. The van der Waals surface area contributed by atoms with E-state index in [9.17, 15) is 0 Å². The quantitative estimate of drug-likeness (QED) is 0.904. The molecule has 1 aromatic rings. The van der Waals surface area contributed by atoms with Crippen molar-refractivity contribution in [1.82, 2.24) is 20.0 Å². The highest BCUT2D eigenvalue weighted by molar-refractivity contribution is 5.07. The molecule has 4 nitrogen and oxygen atoms in total. The monoisotopic (exact) mass is 262 g/mol. The minimum Gasteiger partial charge on any atom is -0.314 e. The zero-order valence-corrected chi connectivity index (χ0v) is 12.1. The first-order valence-electron chi connectivity index (χ1n) is 7.79. The molecule has 1 aliphatic heterocycles. The molecule has 1 spiro atoms. The van der Waals surface area contributed by atoms with Gasteiger partial charge < -0.3 is 5.32 Å². The molecule has 0 bridgehead atoms. The number of hydrogen-bond acceptors (Lipinski definition) is 3. The fourth-order valence-electron chi connectivity index (χ4n) is 3.72. The molecular formula is C15H26N4. The van der Waals surface area contributed by atoms with Crippen molar-refractivity contribution in [2.24, 2.45) is 0 Å². The fourth-order valence-corrected chi connectivity index (χ4v) is 3.72. The third-order valence-corrected chi connectivity index (χ3v) is 4.85. The van der Waals surface area contributed by atoms with Crippen molar-refractivity contribution in [3.8, 4) is 0 Å². The minimum absolute atomic E-state index is 0.421. The van der Waals surface area contributed by atoms with Crippen LogP contribution in [0.15, 0.2) is 12.4 Å². The molecular weight excluding hydrogens is 236 g/mol.